The van der Waals surface area contributed by atoms with E-state index in [0.29, 0.717) is 18.1 Å². The number of carbonyl (C=O) groups is 1. The standard InChI is InChI=1S/C16H19ClN4O3S2/c1-20-11-14(15(22)18-10-12-3-2-4-13(17)9-12)16(19-20)26(23,24)21-5-7-25-8-6-21/h2-4,9,11H,5-8,10H2,1H3,(H,18,22). The summed E-state index contributed by atoms with van der Waals surface area (Å²) in [6.07, 6.45) is 1.43. The van der Waals surface area contributed by atoms with E-state index in [4.69, 9.17) is 11.6 Å². The first kappa shape index (κ1) is 19.2. The van der Waals surface area contributed by atoms with Crippen LogP contribution >= 0.6 is 23.4 Å². The Labute approximate surface area is 161 Å². The van der Waals surface area contributed by atoms with Crippen LogP contribution in [-0.4, -0.2) is 53.0 Å². The number of hydrogen-bond donors (Lipinski definition) is 1. The zero-order valence-electron chi connectivity index (χ0n) is 14.2. The highest BCUT2D eigenvalue weighted by molar-refractivity contribution is 7.99. The van der Waals surface area contributed by atoms with Crippen molar-refractivity contribution < 1.29 is 13.2 Å². The smallest absolute Gasteiger partial charge is 0.263 e. The summed E-state index contributed by atoms with van der Waals surface area (Å²) >= 11 is 7.65. The molecule has 10 heteroatoms. The quantitative estimate of drug-likeness (QED) is 0.805. The molecule has 2 heterocycles. The molecule has 26 heavy (non-hydrogen) atoms. The number of hydrogen-bond acceptors (Lipinski definition) is 5. The minimum absolute atomic E-state index is 0.0488. The molecule has 3 rings (SSSR count). The van der Waals surface area contributed by atoms with Crippen LogP contribution in [0.2, 0.25) is 5.02 Å². The van der Waals surface area contributed by atoms with Gasteiger partial charge in [0.15, 0.2) is 0 Å². The molecule has 0 radical (unpaired) electrons. The van der Waals surface area contributed by atoms with Gasteiger partial charge in [0.2, 0.25) is 5.03 Å². The maximum atomic E-state index is 12.9. The predicted molar refractivity (Wildman–Crippen MR) is 102 cm³/mol. The molecule has 1 amide bonds. The van der Waals surface area contributed by atoms with Gasteiger partial charge in [0.1, 0.15) is 0 Å². The second-order valence-electron chi connectivity index (χ2n) is 5.85. The second kappa shape index (κ2) is 7.99. The number of nitrogens with zero attached hydrogens (tertiary/aromatic N) is 3. The number of sulfonamides is 1. The topological polar surface area (TPSA) is 84.3 Å². The molecule has 1 aromatic carbocycles. The first-order chi connectivity index (χ1) is 12.4. The third kappa shape index (κ3) is 4.22. The lowest BCUT2D eigenvalue weighted by Crippen LogP contribution is -2.39. The highest BCUT2D eigenvalue weighted by atomic mass is 35.5. The van der Waals surface area contributed by atoms with Crippen LogP contribution in [0.4, 0.5) is 0 Å². The molecule has 140 valence electrons. The molecule has 1 aliphatic rings. The average molecular weight is 415 g/mol. The van der Waals surface area contributed by atoms with Gasteiger partial charge in [-0.1, -0.05) is 23.7 Å². The van der Waals surface area contributed by atoms with Gasteiger partial charge in [0.05, 0.1) is 5.56 Å². The summed E-state index contributed by atoms with van der Waals surface area (Å²) < 4.78 is 28.5. The number of amides is 1. The van der Waals surface area contributed by atoms with Crippen LogP contribution in [-0.2, 0) is 23.6 Å². The minimum Gasteiger partial charge on any atom is -0.348 e. The highest BCUT2D eigenvalue weighted by Crippen LogP contribution is 2.22. The number of carbonyl (C=O) groups excluding carboxylic acids is 1. The van der Waals surface area contributed by atoms with E-state index in [-0.39, 0.29) is 17.1 Å². The Kier molecular flexibility index (Phi) is 5.91. The van der Waals surface area contributed by atoms with Gasteiger partial charge in [-0.15, -0.1) is 0 Å². The number of benzene rings is 1. The van der Waals surface area contributed by atoms with Gasteiger partial charge in [-0.3, -0.25) is 9.48 Å². The Morgan fingerprint density at radius 1 is 1.35 bits per heavy atom. The van der Waals surface area contributed by atoms with Crippen LogP contribution in [0.5, 0.6) is 0 Å². The second-order valence-corrected chi connectivity index (χ2v) is 9.37. The van der Waals surface area contributed by atoms with E-state index in [1.165, 1.54) is 15.2 Å². The fraction of sp³-hybridized carbons (Fsp3) is 0.375. The van der Waals surface area contributed by atoms with Crippen LogP contribution in [0.25, 0.3) is 0 Å². The lowest BCUT2D eigenvalue weighted by atomic mass is 10.2. The van der Waals surface area contributed by atoms with E-state index in [0.717, 1.165) is 17.1 Å². The summed E-state index contributed by atoms with van der Waals surface area (Å²) in [4.78, 5) is 12.6. The lowest BCUT2D eigenvalue weighted by molar-refractivity contribution is 0.0947. The van der Waals surface area contributed by atoms with Crippen LogP contribution < -0.4 is 5.32 Å². The molecule has 0 spiro atoms. The molecule has 1 N–H and O–H groups in total. The van der Waals surface area contributed by atoms with Gasteiger partial charge >= 0.3 is 0 Å². The fourth-order valence-electron chi connectivity index (χ4n) is 2.65. The molecule has 0 unspecified atom stereocenters. The van der Waals surface area contributed by atoms with E-state index in [1.54, 1.807) is 37.0 Å². The predicted octanol–water partition coefficient (Wildman–Crippen LogP) is 1.74. The summed E-state index contributed by atoms with van der Waals surface area (Å²) in [5.41, 5.74) is 0.875. The number of nitrogens with one attached hydrogen (secondary N) is 1. The molecular formula is C16H19ClN4O3S2. The van der Waals surface area contributed by atoms with Crippen molar-refractivity contribution >= 4 is 39.3 Å². The van der Waals surface area contributed by atoms with Crippen molar-refractivity contribution in [3.8, 4) is 0 Å². The summed E-state index contributed by atoms with van der Waals surface area (Å²) in [6.45, 7) is 1.09. The SMILES string of the molecule is Cn1cc(C(=O)NCc2cccc(Cl)c2)c(S(=O)(=O)N2CCSCC2)n1. The van der Waals surface area contributed by atoms with Crippen molar-refractivity contribution in [2.45, 2.75) is 11.6 Å². The van der Waals surface area contributed by atoms with Gasteiger partial charge in [-0.25, -0.2) is 8.42 Å². The monoisotopic (exact) mass is 414 g/mol. The van der Waals surface area contributed by atoms with Gasteiger partial charge < -0.3 is 5.32 Å². The van der Waals surface area contributed by atoms with Crippen LogP contribution in [0.3, 0.4) is 0 Å². The molecule has 1 aromatic heterocycles. The minimum atomic E-state index is -3.80. The van der Waals surface area contributed by atoms with E-state index in [2.05, 4.69) is 10.4 Å². The summed E-state index contributed by atoms with van der Waals surface area (Å²) in [5, 5.41) is 7.15. The highest BCUT2D eigenvalue weighted by Gasteiger charge is 2.33. The summed E-state index contributed by atoms with van der Waals surface area (Å²) in [6, 6.07) is 7.11. The van der Waals surface area contributed by atoms with Gasteiger partial charge in [-0.05, 0) is 17.7 Å². The van der Waals surface area contributed by atoms with Gasteiger partial charge in [-0.2, -0.15) is 21.2 Å². The summed E-state index contributed by atoms with van der Waals surface area (Å²) in [5.74, 6) is 0.994. The number of halogens is 1. The molecule has 1 aliphatic heterocycles. The largest absolute Gasteiger partial charge is 0.348 e. The van der Waals surface area contributed by atoms with E-state index in [9.17, 15) is 13.2 Å². The zero-order valence-corrected chi connectivity index (χ0v) is 16.6. The van der Waals surface area contributed by atoms with Crippen molar-refractivity contribution in [1.82, 2.24) is 19.4 Å². The lowest BCUT2D eigenvalue weighted by Gasteiger charge is -2.24. The number of aryl methyl sites for hydroxylation is 1. The maximum Gasteiger partial charge on any atom is 0.263 e. The fourth-order valence-corrected chi connectivity index (χ4v) is 5.56. The van der Waals surface area contributed by atoms with Crippen molar-refractivity contribution in [2.24, 2.45) is 7.05 Å². The van der Waals surface area contributed by atoms with Crippen LogP contribution in [0.1, 0.15) is 15.9 Å². The molecule has 0 aliphatic carbocycles. The molecular weight excluding hydrogens is 396 g/mol. The number of thioether (sulfide) groups is 1. The van der Waals surface area contributed by atoms with Crippen molar-refractivity contribution in [3.05, 3.63) is 46.6 Å². The van der Waals surface area contributed by atoms with Gasteiger partial charge in [0.25, 0.3) is 15.9 Å². The Balaban J connectivity index is 1.81. The average Bonchev–Trinajstić information content (AvgIpc) is 3.03. The van der Waals surface area contributed by atoms with Gasteiger partial charge in [0, 0.05) is 49.4 Å². The van der Waals surface area contributed by atoms with E-state index >= 15 is 0 Å². The number of aromatic nitrogens is 2. The first-order valence-corrected chi connectivity index (χ1v) is 11.0. The third-order valence-corrected chi connectivity index (χ3v) is 6.95. The van der Waals surface area contributed by atoms with Crippen molar-refractivity contribution in [2.75, 3.05) is 24.6 Å². The van der Waals surface area contributed by atoms with Crippen molar-refractivity contribution in [1.29, 1.82) is 0 Å². The normalized spacial score (nSPS) is 15.8. The molecule has 1 fully saturated rings. The molecule has 1 saturated heterocycles. The Morgan fingerprint density at radius 3 is 2.77 bits per heavy atom. The van der Waals surface area contributed by atoms with E-state index in [1.807, 2.05) is 6.07 Å². The Morgan fingerprint density at radius 2 is 2.08 bits per heavy atom. The van der Waals surface area contributed by atoms with Crippen molar-refractivity contribution in [3.63, 3.8) is 0 Å². The molecule has 0 atom stereocenters. The zero-order chi connectivity index (χ0) is 18.7. The molecule has 0 bridgehead atoms. The Hall–Kier alpha value is -1.55. The molecule has 2 aromatic rings. The first-order valence-electron chi connectivity index (χ1n) is 8.02. The molecule has 7 nitrogen and oxygen atoms in total. The van der Waals surface area contributed by atoms with Crippen LogP contribution in [0, 0.1) is 0 Å². The molecule has 0 saturated carbocycles. The summed E-state index contributed by atoms with van der Waals surface area (Å²) in [7, 11) is -2.20. The van der Waals surface area contributed by atoms with E-state index < -0.39 is 15.9 Å². The van der Waals surface area contributed by atoms with Crippen LogP contribution in [0.15, 0.2) is 35.5 Å². The maximum absolute atomic E-state index is 12.9. The number of rotatable bonds is 5. The third-order valence-electron chi connectivity index (χ3n) is 3.94. The Bertz CT molecular complexity index is 908.